The molecule has 0 bridgehead atoms. The van der Waals surface area contributed by atoms with Crippen LogP contribution in [0, 0.1) is 0 Å². The highest BCUT2D eigenvalue weighted by atomic mass is 35.5. The first kappa shape index (κ1) is 19.1. The van der Waals surface area contributed by atoms with E-state index in [-0.39, 0.29) is 17.4 Å². The maximum absolute atomic E-state index is 13.1. The lowest BCUT2D eigenvalue weighted by molar-refractivity contribution is -0.144. The number of piperazine rings is 1. The van der Waals surface area contributed by atoms with E-state index < -0.39 is 10.0 Å². The zero-order valence-corrected chi connectivity index (χ0v) is 16.1. The van der Waals surface area contributed by atoms with Crippen LogP contribution in [-0.4, -0.2) is 62.9 Å². The van der Waals surface area contributed by atoms with Crippen molar-refractivity contribution >= 4 is 38.4 Å². The zero-order chi connectivity index (χ0) is 18.7. The molecule has 140 valence electrons. The molecule has 0 aromatic heterocycles. The maximum atomic E-state index is 13.1. The third kappa shape index (κ3) is 3.86. The van der Waals surface area contributed by atoms with Crippen LogP contribution in [-0.2, 0) is 19.6 Å². The van der Waals surface area contributed by atoms with Gasteiger partial charge in [-0.05, 0) is 19.1 Å². The maximum Gasteiger partial charge on any atom is 0.320 e. The number of fused-ring (bicyclic) bond motifs is 1. The van der Waals surface area contributed by atoms with Crippen LogP contribution in [0.3, 0.4) is 0 Å². The molecule has 1 aliphatic heterocycles. The van der Waals surface area contributed by atoms with Crippen molar-refractivity contribution < 1.29 is 17.9 Å². The highest BCUT2D eigenvalue weighted by molar-refractivity contribution is 7.89. The predicted molar refractivity (Wildman–Crippen MR) is 101 cm³/mol. The van der Waals surface area contributed by atoms with E-state index in [0.29, 0.717) is 43.2 Å². The summed E-state index contributed by atoms with van der Waals surface area (Å²) >= 11 is 6.20. The van der Waals surface area contributed by atoms with Gasteiger partial charge >= 0.3 is 5.97 Å². The summed E-state index contributed by atoms with van der Waals surface area (Å²) in [6.45, 7) is 3.94. The number of hydrogen-bond donors (Lipinski definition) is 0. The van der Waals surface area contributed by atoms with Crippen LogP contribution in [0.1, 0.15) is 6.92 Å². The summed E-state index contributed by atoms with van der Waals surface area (Å²) < 4.78 is 32.6. The molecule has 2 aromatic rings. The van der Waals surface area contributed by atoms with Crippen molar-refractivity contribution in [1.82, 2.24) is 9.21 Å². The van der Waals surface area contributed by atoms with E-state index in [1.807, 2.05) is 11.0 Å². The van der Waals surface area contributed by atoms with Crippen molar-refractivity contribution in [2.75, 3.05) is 39.3 Å². The fourth-order valence-corrected chi connectivity index (χ4v) is 4.99. The Morgan fingerprint density at radius 2 is 1.73 bits per heavy atom. The molecule has 1 aliphatic rings. The van der Waals surface area contributed by atoms with E-state index in [0.717, 1.165) is 5.39 Å². The molecule has 0 atom stereocenters. The van der Waals surface area contributed by atoms with Crippen molar-refractivity contribution in [3.63, 3.8) is 0 Å². The quantitative estimate of drug-likeness (QED) is 0.726. The zero-order valence-electron chi connectivity index (χ0n) is 14.5. The molecule has 1 fully saturated rings. The Balaban J connectivity index is 1.78. The van der Waals surface area contributed by atoms with Crippen LogP contribution in [0.2, 0.25) is 5.02 Å². The molecule has 26 heavy (non-hydrogen) atoms. The molecule has 0 radical (unpaired) electrons. The minimum atomic E-state index is -3.64. The first-order valence-electron chi connectivity index (χ1n) is 8.49. The second-order valence-electron chi connectivity index (χ2n) is 6.08. The number of esters is 1. The number of benzene rings is 2. The Labute approximate surface area is 158 Å². The second kappa shape index (κ2) is 7.92. The SMILES string of the molecule is CCOC(=O)CN1CCN(S(=O)(=O)c2cccc3c(Cl)cccc23)CC1. The number of carbonyl (C=O) groups excluding carboxylic acids is 1. The van der Waals surface area contributed by atoms with Gasteiger partial charge in [-0.2, -0.15) is 4.31 Å². The molecule has 3 rings (SSSR count). The Hall–Kier alpha value is -1.67. The van der Waals surface area contributed by atoms with Crippen LogP contribution in [0.5, 0.6) is 0 Å². The lowest BCUT2D eigenvalue weighted by Crippen LogP contribution is -2.50. The van der Waals surface area contributed by atoms with Gasteiger partial charge < -0.3 is 4.74 Å². The van der Waals surface area contributed by atoms with E-state index >= 15 is 0 Å². The third-order valence-electron chi connectivity index (χ3n) is 4.44. The fraction of sp³-hybridized carbons (Fsp3) is 0.389. The second-order valence-corrected chi connectivity index (χ2v) is 8.39. The summed E-state index contributed by atoms with van der Waals surface area (Å²) in [7, 11) is -3.64. The number of nitrogens with zero attached hydrogens (tertiary/aromatic N) is 2. The highest BCUT2D eigenvalue weighted by Crippen LogP contribution is 2.30. The monoisotopic (exact) mass is 396 g/mol. The molecule has 0 spiro atoms. The average molecular weight is 397 g/mol. The van der Waals surface area contributed by atoms with Crippen molar-refractivity contribution in [2.45, 2.75) is 11.8 Å². The molecule has 0 saturated carbocycles. The molecule has 1 saturated heterocycles. The molecular weight excluding hydrogens is 376 g/mol. The molecule has 1 heterocycles. The molecule has 0 amide bonds. The molecule has 6 nitrogen and oxygen atoms in total. The van der Waals surface area contributed by atoms with Gasteiger partial charge in [-0.1, -0.05) is 35.9 Å². The summed E-state index contributed by atoms with van der Waals surface area (Å²) in [5, 5.41) is 1.86. The van der Waals surface area contributed by atoms with E-state index in [9.17, 15) is 13.2 Å². The summed E-state index contributed by atoms with van der Waals surface area (Å²) in [5.74, 6) is -0.285. The number of halogens is 1. The summed E-state index contributed by atoms with van der Waals surface area (Å²) in [6, 6.07) is 10.4. The van der Waals surface area contributed by atoms with Crippen LogP contribution in [0.4, 0.5) is 0 Å². The smallest absolute Gasteiger partial charge is 0.320 e. The Morgan fingerprint density at radius 1 is 1.08 bits per heavy atom. The lowest BCUT2D eigenvalue weighted by atomic mass is 10.1. The predicted octanol–water partition coefficient (Wildman–Crippen LogP) is 2.36. The molecule has 0 aliphatic carbocycles. The Kier molecular flexibility index (Phi) is 5.82. The summed E-state index contributed by atoms with van der Waals surface area (Å²) in [4.78, 5) is 13.7. The number of carbonyl (C=O) groups is 1. The molecule has 8 heteroatoms. The fourth-order valence-electron chi connectivity index (χ4n) is 3.12. The summed E-state index contributed by atoms with van der Waals surface area (Å²) in [5.41, 5.74) is 0. The Bertz CT molecular complexity index is 909. The van der Waals surface area contributed by atoms with E-state index in [4.69, 9.17) is 16.3 Å². The molecule has 2 aromatic carbocycles. The highest BCUT2D eigenvalue weighted by Gasteiger charge is 2.30. The van der Waals surface area contributed by atoms with Gasteiger partial charge in [0, 0.05) is 42.0 Å². The van der Waals surface area contributed by atoms with Crippen LogP contribution in [0.15, 0.2) is 41.3 Å². The standard InChI is InChI=1S/C18H21ClN2O4S/c1-2-25-18(22)13-20-9-11-21(12-10-20)26(23,24)17-8-4-5-14-15(17)6-3-7-16(14)19/h3-8H,2,9-13H2,1H3. The third-order valence-corrected chi connectivity index (χ3v) is 6.72. The van der Waals surface area contributed by atoms with Crippen molar-refractivity contribution in [2.24, 2.45) is 0 Å². The lowest BCUT2D eigenvalue weighted by Gasteiger charge is -2.33. The minimum absolute atomic E-state index is 0.186. The van der Waals surface area contributed by atoms with Gasteiger partial charge in [0.25, 0.3) is 0 Å². The number of sulfonamides is 1. The summed E-state index contributed by atoms with van der Waals surface area (Å²) in [6.07, 6.45) is 0. The average Bonchev–Trinajstić information content (AvgIpc) is 2.62. The van der Waals surface area contributed by atoms with Crippen LogP contribution < -0.4 is 0 Å². The molecular formula is C18H21ClN2O4S. The first-order chi connectivity index (χ1) is 12.4. The van der Waals surface area contributed by atoms with E-state index in [2.05, 4.69) is 0 Å². The van der Waals surface area contributed by atoms with Crippen LogP contribution in [0.25, 0.3) is 10.8 Å². The van der Waals surface area contributed by atoms with E-state index in [1.165, 1.54) is 4.31 Å². The molecule has 0 unspecified atom stereocenters. The number of hydrogen-bond acceptors (Lipinski definition) is 5. The van der Waals surface area contributed by atoms with Gasteiger partial charge in [0.15, 0.2) is 0 Å². The first-order valence-corrected chi connectivity index (χ1v) is 10.3. The van der Waals surface area contributed by atoms with Crippen molar-refractivity contribution in [1.29, 1.82) is 0 Å². The normalized spacial score (nSPS) is 16.7. The van der Waals surface area contributed by atoms with Gasteiger partial charge in [-0.15, -0.1) is 0 Å². The number of rotatable bonds is 5. The van der Waals surface area contributed by atoms with Gasteiger partial charge in [-0.25, -0.2) is 8.42 Å². The minimum Gasteiger partial charge on any atom is -0.465 e. The van der Waals surface area contributed by atoms with Crippen molar-refractivity contribution in [3.8, 4) is 0 Å². The van der Waals surface area contributed by atoms with Gasteiger partial charge in [0.1, 0.15) is 0 Å². The van der Waals surface area contributed by atoms with Crippen molar-refractivity contribution in [3.05, 3.63) is 41.4 Å². The molecule has 0 N–H and O–H groups in total. The van der Waals surface area contributed by atoms with Crippen LogP contribution >= 0.6 is 11.6 Å². The topological polar surface area (TPSA) is 66.9 Å². The Morgan fingerprint density at radius 3 is 2.42 bits per heavy atom. The van der Waals surface area contributed by atoms with Gasteiger partial charge in [0.05, 0.1) is 18.0 Å². The largest absolute Gasteiger partial charge is 0.465 e. The van der Waals surface area contributed by atoms with Gasteiger partial charge in [-0.3, -0.25) is 9.69 Å². The van der Waals surface area contributed by atoms with Gasteiger partial charge in [0.2, 0.25) is 10.0 Å². The van der Waals surface area contributed by atoms with E-state index in [1.54, 1.807) is 37.3 Å². The number of ether oxygens (including phenoxy) is 1.